The van der Waals surface area contributed by atoms with Crippen molar-refractivity contribution in [1.82, 2.24) is 9.78 Å². The number of aliphatic hydroxyl groups is 1. The molecule has 1 saturated carbocycles. The van der Waals surface area contributed by atoms with Crippen molar-refractivity contribution >= 4 is 0 Å². The molecule has 1 aliphatic carbocycles. The van der Waals surface area contributed by atoms with E-state index in [9.17, 15) is 5.11 Å². The van der Waals surface area contributed by atoms with Gasteiger partial charge in [-0.1, -0.05) is 25.7 Å². The third-order valence-corrected chi connectivity index (χ3v) is 3.71. The van der Waals surface area contributed by atoms with Crippen molar-refractivity contribution in [3.05, 3.63) is 18.0 Å². The number of aliphatic hydroxyl groups excluding tert-OH is 1. The van der Waals surface area contributed by atoms with E-state index in [1.807, 2.05) is 10.7 Å². The maximum absolute atomic E-state index is 10.1. The topological polar surface area (TPSA) is 38.0 Å². The Labute approximate surface area is 97.5 Å². The average molecular weight is 222 g/mol. The molecule has 0 bridgehead atoms. The largest absolute Gasteiger partial charge is 0.387 e. The van der Waals surface area contributed by atoms with E-state index in [0.717, 1.165) is 31.0 Å². The number of rotatable bonds is 5. The molecule has 1 aromatic rings. The van der Waals surface area contributed by atoms with Gasteiger partial charge in [-0.05, 0) is 31.7 Å². The standard InChI is InChI=1S/C13H22N2O/c1-2-15-12(9-10-14-15)13(16)8-7-11-5-3-4-6-11/h9-11,13,16H,2-8H2,1H3. The van der Waals surface area contributed by atoms with Crippen LogP contribution in [0.5, 0.6) is 0 Å². The third kappa shape index (κ3) is 2.64. The molecule has 0 aromatic carbocycles. The molecule has 2 rings (SSSR count). The molecule has 0 amide bonds. The van der Waals surface area contributed by atoms with Crippen molar-refractivity contribution in [3.63, 3.8) is 0 Å². The number of aryl methyl sites for hydroxylation is 1. The van der Waals surface area contributed by atoms with E-state index in [0.29, 0.717) is 0 Å². The molecule has 3 heteroatoms. The van der Waals surface area contributed by atoms with E-state index in [4.69, 9.17) is 0 Å². The molecular weight excluding hydrogens is 200 g/mol. The molecule has 1 heterocycles. The summed E-state index contributed by atoms with van der Waals surface area (Å²) >= 11 is 0. The summed E-state index contributed by atoms with van der Waals surface area (Å²) in [6.45, 7) is 2.89. The first kappa shape index (κ1) is 11.6. The van der Waals surface area contributed by atoms with Gasteiger partial charge in [0.15, 0.2) is 0 Å². The first-order valence-electron chi connectivity index (χ1n) is 6.51. The van der Waals surface area contributed by atoms with Crippen LogP contribution in [-0.4, -0.2) is 14.9 Å². The Hall–Kier alpha value is -0.830. The Bertz CT molecular complexity index is 315. The lowest BCUT2D eigenvalue weighted by Gasteiger charge is -2.14. The highest BCUT2D eigenvalue weighted by atomic mass is 16.3. The van der Waals surface area contributed by atoms with Crippen LogP contribution in [0.2, 0.25) is 0 Å². The van der Waals surface area contributed by atoms with Crippen LogP contribution in [0.3, 0.4) is 0 Å². The van der Waals surface area contributed by atoms with Crippen LogP contribution in [0, 0.1) is 5.92 Å². The number of hydrogen-bond donors (Lipinski definition) is 1. The van der Waals surface area contributed by atoms with Crippen LogP contribution < -0.4 is 0 Å². The van der Waals surface area contributed by atoms with E-state index in [-0.39, 0.29) is 6.10 Å². The molecule has 0 aliphatic heterocycles. The van der Waals surface area contributed by atoms with Crippen molar-refractivity contribution < 1.29 is 5.11 Å². The fourth-order valence-corrected chi connectivity index (χ4v) is 2.73. The first-order valence-corrected chi connectivity index (χ1v) is 6.51. The maximum atomic E-state index is 10.1. The van der Waals surface area contributed by atoms with Crippen molar-refractivity contribution in [2.24, 2.45) is 5.92 Å². The second kappa shape index (κ2) is 5.48. The van der Waals surface area contributed by atoms with Gasteiger partial charge in [-0.2, -0.15) is 5.10 Å². The summed E-state index contributed by atoms with van der Waals surface area (Å²) < 4.78 is 1.89. The van der Waals surface area contributed by atoms with Crippen LogP contribution in [0.15, 0.2) is 12.3 Å². The second-order valence-corrected chi connectivity index (χ2v) is 4.82. The lowest BCUT2D eigenvalue weighted by atomic mass is 9.98. The van der Waals surface area contributed by atoms with Crippen LogP contribution >= 0.6 is 0 Å². The molecule has 0 radical (unpaired) electrons. The predicted molar refractivity (Wildman–Crippen MR) is 64.1 cm³/mol. The first-order chi connectivity index (χ1) is 7.81. The Balaban J connectivity index is 1.84. The number of hydrogen-bond acceptors (Lipinski definition) is 2. The Morgan fingerprint density at radius 3 is 2.94 bits per heavy atom. The van der Waals surface area contributed by atoms with Gasteiger partial charge in [0, 0.05) is 12.7 Å². The van der Waals surface area contributed by atoms with E-state index in [1.54, 1.807) is 6.20 Å². The van der Waals surface area contributed by atoms with Crippen LogP contribution in [0.1, 0.15) is 57.2 Å². The van der Waals surface area contributed by atoms with Crippen molar-refractivity contribution in [3.8, 4) is 0 Å². The van der Waals surface area contributed by atoms with Crippen LogP contribution in [0.4, 0.5) is 0 Å². The van der Waals surface area contributed by atoms with Crippen molar-refractivity contribution in [2.75, 3.05) is 0 Å². The molecule has 1 aliphatic rings. The SMILES string of the molecule is CCn1nccc1C(O)CCC1CCCC1. The zero-order chi connectivity index (χ0) is 11.4. The molecule has 0 spiro atoms. The van der Waals surface area contributed by atoms with Gasteiger partial charge in [0.1, 0.15) is 0 Å². The normalized spacial score (nSPS) is 19.1. The highest BCUT2D eigenvalue weighted by Crippen LogP contribution is 2.31. The molecule has 1 unspecified atom stereocenters. The molecular formula is C13H22N2O. The highest BCUT2D eigenvalue weighted by Gasteiger charge is 2.18. The molecule has 3 nitrogen and oxygen atoms in total. The summed E-state index contributed by atoms with van der Waals surface area (Å²) in [4.78, 5) is 0. The summed E-state index contributed by atoms with van der Waals surface area (Å²) in [5, 5.41) is 14.3. The van der Waals surface area contributed by atoms with Gasteiger partial charge in [0.25, 0.3) is 0 Å². The molecule has 1 aromatic heterocycles. The van der Waals surface area contributed by atoms with Gasteiger partial charge < -0.3 is 5.11 Å². The van der Waals surface area contributed by atoms with Gasteiger partial charge in [-0.3, -0.25) is 4.68 Å². The molecule has 1 fully saturated rings. The minimum atomic E-state index is -0.331. The van der Waals surface area contributed by atoms with Crippen molar-refractivity contribution in [2.45, 2.75) is 58.1 Å². The molecule has 1 N–H and O–H groups in total. The van der Waals surface area contributed by atoms with E-state index < -0.39 is 0 Å². The third-order valence-electron chi connectivity index (χ3n) is 3.71. The quantitative estimate of drug-likeness (QED) is 0.831. The summed E-state index contributed by atoms with van der Waals surface area (Å²) in [6.07, 6.45) is 8.98. The van der Waals surface area contributed by atoms with Gasteiger partial charge in [-0.15, -0.1) is 0 Å². The molecule has 1 atom stereocenters. The smallest absolute Gasteiger partial charge is 0.0956 e. The lowest BCUT2D eigenvalue weighted by Crippen LogP contribution is -2.09. The number of aromatic nitrogens is 2. The van der Waals surface area contributed by atoms with Gasteiger partial charge >= 0.3 is 0 Å². The van der Waals surface area contributed by atoms with E-state index >= 15 is 0 Å². The minimum absolute atomic E-state index is 0.331. The maximum Gasteiger partial charge on any atom is 0.0956 e. The lowest BCUT2D eigenvalue weighted by molar-refractivity contribution is 0.146. The predicted octanol–water partition coefficient (Wildman–Crippen LogP) is 2.91. The number of nitrogens with zero attached hydrogens (tertiary/aromatic N) is 2. The Morgan fingerprint density at radius 1 is 1.50 bits per heavy atom. The average Bonchev–Trinajstić information content (AvgIpc) is 2.96. The van der Waals surface area contributed by atoms with Crippen molar-refractivity contribution in [1.29, 1.82) is 0 Å². The second-order valence-electron chi connectivity index (χ2n) is 4.82. The highest BCUT2D eigenvalue weighted by molar-refractivity contribution is 5.04. The fraction of sp³-hybridized carbons (Fsp3) is 0.769. The Kier molecular flexibility index (Phi) is 3.99. The zero-order valence-electron chi connectivity index (χ0n) is 10.1. The van der Waals surface area contributed by atoms with Gasteiger partial charge in [-0.25, -0.2) is 0 Å². The van der Waals surface area contributed by atoms with Crippen LogP contribution in [-0.2, 0) is 6.54 Å². The monoisotopic (exact) mass is 222 g/mol. The van der Waals surface area contributed by atoms with Gasteiger partial charge in [0.2, 0.25) is 0 Å². The summed E-state index contributed by atoms with van der Waals surface area (Å²) in [5.74, 6) is 0.854. The summed E-state index contributed by atoms with van der Waals surface area (Å²) in [7, 11) is 0. The summed E-state index contributed by atoms with van der Waals surface area (Å²) in [5.41, 5.74) is 0.973. The summed E-state index contributed by atoms with van der Waals surface area (Å²) in [6, 6.07) is 1.93. The zero-order valence-corrected chi connectivity index (χ0v) is 10.1. The molecule has 16 heavy (non-hydrogen) atoms. The minimum Gasteiger partial charge on any atom is -0.387 e. The van der Waals surface area contributed by atoms with Gasteiger partial charge in [0.05, 0.1) is 11.8 Å². The van der Waals surface area contributed by atoms with E-state index in [2.05, 4.69) is 12.0 Å². The fourth-order valence-electron chi connectivity index (χ4n) is 2.73. The molecule has 90 valence electrons. The van der Waals surface area contributed by atoms with Crippen LogP contribution in [0.25, 0.3) is 0 Å². The van der Waals surface area contributed by atoms with E-state index in [1.165, 1.54) is 25.7 Å². The Morgan fingerprint density at radius 2 is 2.25 bits per heavy atom. The molecule has 0 saturated heterocycles.